The van der Waals surface area contributed by atoms with Gasteiger partial charge >= 0.3 is 0 Å². The van der Waals surface area contributed by atoms with Gasteiger partial charge in [-0.2, -0.15) is 0 Å². The van der Waals surface area contributed by atoms with Crippen molar-refractivity contribution >= 4 is 0 Å². The lowest BCUT2D eigenvalue weighted by atomic mass is 9.73. The summed E-state index contributed by atoms with van der Waals surface area (Å²) in [7, 11) is 2.25. The molecular weight excluding hydrogens is 258 g/mol. The van der Waals surface area contributed by atoms with Crippen LogP contribution in [-0.4, -0.2) is 34.7 Å². The minimum Gasteiger partial charge on any atom is -0.396 e. The van der Waals surface area contributed by atoms with Crippen molar-refractivity contribution in [2.45, 2.75) is 99.1 Å². The van der Waals surface area contributed by atoms with Crippen molar-refractivity contribution in [2.24, 2.45) is 10.8 Å². The molecule has 0 aliphatic heterocycles. The van der Waals surface area contributed by atoms with Gasteiger partial charge in [-0.05, 0) is 64.8 Å². The molecule has 0 spiro atoms. The molecule has 0 fully saturated rings. The van der Waals surface area contributed by atoms with E-state index in [0.29, 0.717) is 5.41 Å². The summed E-state index contributed by atoms with van der Waals surface area (Å²) in [5.41, 5.74) is 0.584. The summed E-state index contributed by atoms with van der Waals surface area (Å²) in [5.74, 6) is 0. The standard InChI is InChI=1S/C19H41NO/c1-11-16(3,4)13-17(5,6)20(10)18(7,8)14-19(9,12-2)15-21/h21H,11-15H2,1-10H3. The second-order valence-electron chi connectivity index (χ2n) is 9.38. The van der Waals surface area contributed by atoms with Gasteiger partial charge in [0.1, 0.15) is 0 Å². The van der Waals surface area contributed by atoms with Gasteiger partial charge in [0.25, 0.3) is 0 Å². The van der Waals surface area contributed by atoms with E-state index in [0.717, 1.165) is 12.8 Å². The zero-order valence-electron chi connectivity index (χ0n) is 16.4. The molecule has 0 aliphatic carbocycles. The normalized spacial score (nSPS) is 17.1. The maximum atomic E-state index is 9.74. The van der Waals surface area contributed by atoms with Crippen LogP contribution in [0.5, 0.6) is 0 Å². The largest absolute Gasteiger partial charge is 0.396 e. The lowest BCUT2D eigenvalue weighted by molar-refractivity contribution is -0.0221. The molecule has 0 bridgehead atoms. The molecule has 0 aromatic heterocycles. The average molecular weight is 300 g/mol. The Kier molecular flexibility index (Phi) is 6.97. The smallest absolute Gasteiger partial charge is 0.0485 e. The van der Waals surface area contributed by atoms with Gasteiger partial charge in [-0.25, -0.2) is 0 Å². The fraction of sp³-hybridized carbons (Fsp3) is 1.00. The van der Waals surface area contributed by atoms with E-state index < -0.39 is 0 Å². The summed E-state index contributed by atoms with van der Waals surface area (Å²) in [5, 5.41) is 9.74. The molecule has 1 unspecified atom stereocenters. The minimum atomic E-state index is 0.00805. The molecular formula is C19H41NO. The Balaban J connectivity index is 5.15. The minimum absolute atomic E-state index is 0.00805. The van der Waals surface area contributed by atoms with Crippen LogP contribution in [0.3, 0.4) is 0 Å². The first-order chi connectivity index (χ1) is 9.25. The average Bonchev–Trinajstić information content (AvgIpc) is 2.36. The molecule has 0 aromatic rings. The molecule has 0 saturated heterocycles. The van der Waals surface area contributed by atoms with Crippen LogP contribution < -0.4 is 0 Å². The first-order valence-corrected chi connectivity index (χ1v) is 8.60. The van der Waals surface area contributed by atoms with E-state index >= 15 is 0 Å². The predicted molar refractivity (Wildman–Crippen MR) is 94.7 cm³/mol. The van der Waals surface area contributed by atoms with Crippen LogP contribution in [0, 0.1) is 10.8 Å². The molecule has 0 saturated carbocycles. The monoisotopic (exact) mass is 299 g/mol. The van der Waals surface area contributed by atoms with Crippen LogP contribution in [-0.2, 0) is 0 Å². The third-order valence-corrected chi connectivity index (χ3v) is 5.78. The zero-order chi connectivity index (χ0) is 17.1. The first kappa shape index (κ1) is 20.9. The molecule has 0 amide bonds. The molecule has 0 rings (SSSR count). The van der Waals surface area contributed by atoms with Gasteiger partial charge in [0.2, 0.25) is 0 Å². The molecule has 1 N–H and O–H groups in total. The fourth-order valence-electron chi connectivity index (χ4n) is 3.69. The molecule has 21 heavy (non-hydrogen) atoms. The lowest BCUT2D eigenvalue weighted by Crippen LogP contribution is -2.56. The topological polar surface area (TPSA) is 23.5 Å². The van der Waals surface area contributed by atoms with E-state index in [1.807, 2.05) is 0 Å². The van der Waals surface area contributed by atoms with E-state index in [-0.39, 0.29) is 23.1 Å². The SMILES string of the molecule is CCC(C)(C)CC(C)(C)N(C)C(C)(C)CC(C)(CC)CO. The second-order valence-corrected chi connectivity index (χ2v) is 9.38. The number of nitrogens with zero attached hydrogens (tertiary/aromatic N) is 1. The lowest BCUT2D eigenvalue weighted by Gasteiger charge is -2.51. The van der Waals surface area contributed by atoms with E-state index in [2.05, 4.69) is 74.3 Å². The van der Waals surface area contributed by atoms with Crippen LogP contribution in [0.4, 0.5) is 0 Å². The highest BCUT2D eigenvalue weighted by Crippen LogP contribution is 2.40. The second kappa shape index (κ2) is 7.00. The highest BCUT2D eigenvalue weighted by Gasteiger charge is 2.41. The maximum Gasteiger partial charge on any atom is 0.0485 e. The van der Waals surface area contributed by atoms with Crippen LogP contribution >= 0.6 is 0 Å². The van der Waals surface area contributed by atoms with Crippen molar-refractivity contribution in [3.05, 3.63) is 0 Å². The Hall–Kier alpha value is -0.0800. The molecule has 0 radical (unpaired) electrons. The number of rotatable bonds is 9. The van der Waals surface area contributed by atoms with Gasteiger partial charge in [0.05, 0.1) is 0 Å². The predicted octanol–water partition coefficient (Wildman–Crippen LogP) is 5.10. The van der Waals surface area contributed by atoms with Gasteiger partial charge in [-0.15, -0.1) is 0 Å². The first-order valence-electron chi connectivity index (χ1n) is 8.60. The van der Waals surface area contributed by atoms with Gasteiger partial charge in [-0.3, -0.25) is 4.90 Å². The Morgan fingerprint density at radius 1 is 0.762 bits per heavy atom. The number of hydrogen-bond donors (Lipinski definition) is 1. The van der Waals surface area contributed by atoms with Crippen molar-refractivity contribution in [3.8, 4) is 0 Å². The van der Waals surface area contributed by atoms with Gasteiger partial charge in [0, 0.05) is 17.7 Å². The summed E-state index contributed by atoms with van der Waals surface area (Å²) >= 11 is 0. The van der Waals surface area contributed by atoms with Crippen molar-refractivity contribution in [1.29, 1.82) is 0 Å². The van der Waals surface area contributed by atoms with Gasteiger partial charge in [-0.1, -0.05) is 41.0 Å². The summed E-state index contributed by atoms with van der Waals surface area (Å²) in [4.78, 5) is 2.53. The van der Waals surface area contributed by atoms with Gasteiger partial charge in [0.15, 0.2) is 0 Å². The van der Waals surface area contributed by atoms with Crippen molar-refractivity contribution in [1.82, 2.24) is 4.90 Å². The third-order valence-electron chi connectivity index (χ3n) is 5.78. The van der Waals surface area contributed by atoms with E-state index in [9.17, 15) is 5.11 Å². The van der Waals surface area contributed by atoms with Crippen molar-refractivity contribution in [2.75, 3.05) is 13.7 Å². The van der Waals surface area contributed by atoms with Crippen molar-refractivity contribution < 1.29 is 5.11 Å². The van der Waals surface area contributed by atoms with Crippen LogP contribution in [0.2, 0.25) is 0 Å². The molecule has 0 aromatic carbocycles. The van der Waals surface area contributed by atoms with Crippen molar-refractivity contribution in [3.63, 3.8) is 0 Å². The molecule has 0 heterocycles. The van der Waals surface area contributed by atoms with E-state index in [4.69, 9.17) is 0 Å². The summed E-state index contributed by atoms with van der Waals surface area (Å²) in [6.45, 7) is 21.0. The Labute approximate surface area is 134 Å². The fourth-order valence-corrected chi connectivity index (χ4v) is 3.69. The molecule has 0 aliphatic rings. The van der Waals surface area contributed by atoms with Crippen LogP contribution in [0.1, 0.15) is 88.0 Å². The summed E-state index contributed by atoms with van der Waals surface area (Å²) in [6.07, 6.45) is 4.41. The van der Waals surface area contributed by atoms with E-state index in [1.54, 1.807) is 0 Å². The number of hydrogen-bond acceptors (Lipinski definition) is 2. The number of aliphatic hydroxyl groups excluding tert-OH is 1. The van der Waals surface area contributed by atoms with Crippen LogP contribution in [0.25, 0.3) is 0 Å². The van der Waals surface area contributed by atoms with E-state index in [1.165, 1.54) is 12.8 Å². The molecule has 2 heteroatoms. The molecule has 128 valence electrons. The quantitative estimate of drug-likeness (QED) is 0.640. The summed E-state index contributed by atoms with van der Waals surface area (Å²) < 4.78 is 0. The van der Waals surface area contributed by atoms with Gasteiger partial charge < -0.3 is 5.11 Å². The maximum absolute atomic E-state index is 9.74. The Morgan fingerprint density at radius 3 is 1.52 bits per heavy atom. The third kappa shape index (κ3) is 5.90. The number of aliphatic hydroxyl groups is 1. The zero-order valence-corrected chi connectivity index (χ0v) is 16.4. The molecule has 1 atom stereocenters. The molecule has 2 nitrogen and oxygen atoms in total. The highest BCUT2D eigenvalue weighted by atomic mass is 16.3. The van der Waals surface area contributed by atoms with Crippen LogP contribution in [0.15, 0.2) is 0 Å². The highest BCUT2D eigenvalue weighted by molar-refractivity contribution is 4.96. The Bertz CT molecular complexity index is 314. The summed E-state index contributed by atoms with van der Waals surface area (Å²) in [6, 6.07) is 0. The Morgan fingerprint density at radius 2 is 1.19 bits per heavy atom.